The van der Waals surface area contributed by atoms with Gasteiger partial charge < -0.3 is 4.90 Å². The summed E-state index contributed by atoms with van der Waals surface area (Å²) in [7, 11) is 0. The van der Waals surface area contributed by atoms with Crippen molar-refractivity contribution in [2.45, 2.75) is 44.9 Å². The maximum atomic E-state index is 2.43. The summed E-state index contributed by atoms with van der Waals surface area (Å²) in [5, 5.41) is 0. The summed E-state index contributed by atoms with van der Waals surface area (Å²) in [5.41, 5.74) is 7.46. The number of hydrogen-bond acceptors (Lipinski definition) is 0. The van der Waals surface area contributed by atoms with Crippen LogP contribution in [0, 0.1) is 0 Å². The van der Waals surface area contributed by atoms with Crippen molar-refractivity contribution >= 4 is 12.2 Å². The van der Waals surface area contributed by atoms with E-state index in [0.717, 1.165) is 0 Å². The van der Waals surface area contributed by atoms with E-state index in [9.17, 15) is 0 Å². The summed E-state index contributed by atoms with van der Waals surface area (Å²) in [6.45, 7) is 6.18. The maximum Gasteiger partial charge on any atom is 0.0808 e. The van der Waals surface area contributed by atoms with Crippen LogP contribution in [0.1, 0.15) is 67.2 Å². The first-order chi connectivity index (χ1) is 13.3. The van der Waals surface area contributed by atoms with E-state index >= 15 is 0 Å². The second-order valence-corrected chi connectivity index (χ2v) is 8.04. The number of rotatable bonds is 8. The Hall–Kier alpha value is -2.12. The Morgan fingerprint density at radius 3 is 2.07 bits per heavy atom. The predicted octanol–water partition coefficient (Wildman–Crippen LogP) is 5.10. The highest BCUT2D eigenvalue weighted by Gasteiger charge is 2.21. The highest BCUT2D eigenvalue weighted by atomic mass is 15.1. The highest BCUT2D eigenvalue weighted by Crippen LogP contribution is 2.37. The minimum absolute atomic E-state index is 0.514. The van der Waals surface area contributed by atoms with E-state index in [1.54, 1.807) is 10.5 Å². The van der Waals surface area contributed by atoms with Crippen molar-refractivity contribution in [1.82, 2.24) is 0 Å². The fourth-order valence-corrected chi connectivity index (χ4v) is 4.57. The molecule has 0 radical (unpaired) electrons. The molecule has 0 aliphatic heterocycles. The molecule has 1 atom stereocenters. The molecule has 140 valence electrons. The van der Waals surface area contributed by atoms with E-state index in [4.69, 9.17) is 0 Å². The fourth-order valence-electron chi connectivity index (χ4n) is 4.57. The van der Waals surface area contributed by atoms with E-state index in [0.29, 0.717) is 5.92 Å². The largest absolute Gasteiger partial charge is 0.335 e. The molecule has 2 aromatic rings. The number of fused-ring (bicyclic) bond motifs is 2. The minimum Gasteiger partial charge on any atom is -0.335 e. The molecule has 1 heteroatoms. The lowest BCUT2D eigenvalue weighted by Gasteiger charge is -2.23. The lowest BCUT2D eigenvalue weighted by Crippen LogP contribution is -3.11. The Morgan fingerprint density at radius 1 is 0.889 bits per heavy atom. The van der Waals surface area contributed by atoms with Crippen molar-refractivity contribution in [3.8, 4) is 0 Å². The Bertz CT molecular complexity index is 780. The summed E-state index contributed by atoms with van der Waals surface area (Å²) in [4.78, 5) is 1.76. The number of nitrogens with one attached hydrogen (secondary N) is 1. The van der Waals surface area contributed by atoms with Crippen LogP contribution in [0.3, 0.4) is 0 Å². The van der Waals surface area contributed by atoms with Crippen LogP contribution in [-0.4, -0.2) is 19.6 Å². The molecule has 0 bridgehead atoms. The zero-order valence-corrected chi connectivity index (χ0v) is 16.6. The molecule has 0 heterocycles. The first kappa shape index (κ1) is 18.3. The summed E-state index contributed by atoms with van der Waals surface area (Å²) in [5.74, 6) is 0.514. The van der Waals surface area contributed by atoms with Crippen LogP contribution in [0.2, 0.25) is 0 Å². The molecular formula is C26H32N+. The molecule has 0 amide bonds. The normalized spacial score (nSPS) is 16.7. The number of benzene rings is 2. The summed E-state index contributed by atoms with van der Waals surface area (Å²) >= 11 is 0. The quantitative estimate of drug-likeness (QED) is 0.626. The van der Waals surface area contributed by atoms with E-state index < -0.39 is 0 Å². The van der Waals surface area contributed by atoms with Gasteiger partial charge >= 0.3 is 0 Å². The third kappa shape index (κ3) is 4.25. The van der Waals surface area contributed by atoms with Gasteiger partial charge in [-0.3, -0.25) is 0 Å². The van der Waals surface area contributed by atoms with E-state index in [1.165, 1.54) is 74.0 Å². The molecule has 0 saturated carbocycles. The zero-order valence-electron chi connectivity index (χ0n) is 16.6. The van der Waals surface area contributed by atoms with Crippen LogP contribution in [-0.2, 0) is 0 Å². The van der Waals surface area contributed by atoms with Crippen LogP contribution >= 0.6 is 0 Å². The monoisotopic (exact) mass is 358 g/mol. The molecule has 0 saturated heterocycles. The number of hydrogen-bond donors (Lipinski definition) is 1. The van der Waals surface area contributed by atoms with Gasteiger partial charge in [-0.05, 0) is 54.9 Å². The van der Waals surface area contributed by atoms with Gasteiger partial charge in [0.2, 0.25) is 0 Å². The lowest BCUT2D eigenvalue weighted by atomic mass is 9.84. The van der Waals surface area contributed by atoms with E-state index in [1.807, 2.05) is 0 Å². The highest BCUT2D eigenvalue weighted by molar-refractivity contribution is 5.76. The van der Waals surface area contributed by atoms with Gasteiger partial charge in [0.05, 0.1) is 19.6 Å². The molecule has 0 aromatic heterocycles. The first-order valence-corrected chi connectivity index (χ1v) is 10.7. The van der Waals surface area contributed by atoms with Crippen molar-refractivity contribution in [2.75, 3.05) is 19.6 Å². The number of allylic oxidation sites excluding steroid dienone is 1. The molecule has 2 aliphatic carbocycles. The van der Waals surface area contributed by atoms with Crippen LogP contribution < -0.4 is 4.90 Å². The molecular weight excluding hydrogens is 326 g/mol. The van der Waals surface area contributed by atoms with Crippen LogP contribution in [0.5, 0.6) is 0 Å². The Morgan fingerprint density at radius 2 is 1.52 bits per heavy atom. The van der Waals surface area contributed by atoms with Crippen LogP contribution in [0.4, 0.5) is 0 Å². The van der Waals surface area contributed by atoms with Crippen molar-refractivity contribution in [3.63, 3.8) is 0 Å². The van der Waals surface area contributed by atoms with Gasteiger partial charge in [0.25, 0.3) is 0 Å². The zero-order chi connectivity index (χ0) is 18.5. The van der Waals surface area contributed by atoms with Crippen LogP contribution in [0.15, 0.2) is 60.2 Å². The molecule has 1 nitrogen and oxygen atoms in total. The molecule has 27 heavy (non-hydrogen) atoms. The SMILES string of the molecule is CC[NH+](CCCC1c2ccccc2C=Cc2ccccc21)CCC1=CCC1. The molecule has 1 unspecified atom stereocenters. The standard InChI is InChI=1S/C26H31N/c1-2-27(20-18-21-9-7-10-21)19-8-15-26-24-13-5-3-11-22(24)16-17-23-12-4-6-14-25(23)26/h3-6,9,11-14,16-17,26H,2,7-8,10,15,18-20H2,1H3/p+1. The van der Waals surface area contributed by atoms with E-state index in [-0.39, 0.29) is 0 Å². The Labute approximate surface area is 164 Å². The summed E-state index contributed by atoms with van der Waals surface area (Å²) < 4.78 is 0. The van der Waals surface area contributed by atoms with Gasteiger partial charge in [0.15, 0.2) is 0 Å². The van der Waals surface area contributed by atoms with Gasteiger partial charge in [-0.2, -0.15) is 0 Å². The van der Waals surface area contributed by atoms with E-state index in [2.05, 4.69) is 73.7 Å². The van der Waals surface area contributed by atoms with Crippen LogP contribution in [0.25, 0.3) is 12.2 Å². The van der Waals surface area contributed by atoms with Gasteiger partial charge in [-0.25, -0.2) is 0 Å². The average molecular weight is 359 g/mol. The number of quaternary nitrogens is 1. The van der Waals surface area contributed by atoms with Crippen molar-refractivity contribution < 1.29 is 4.90 Å². The summed E-state index contributed by atoms with van der Waals surface area (Å²) in [6, 6.07) is 17.9. The minimum atomic E-state index is 0.514. The molecule has 0 fully saturated rings. The Kier molecular flexibility index (Phi) is 5.89. The van der Waals surface area contributed by atoms with Crippen molar-refractivity contribution in [3.05, 3.63) is 82.4 Å². The van der Waals surface area contributed by atoms with Gasteiger partial charge in [0.1, 0.15) is 0 Å². The first-order valence-electron chi connectivity index (χ1n) is 10.7. The van der Waals surface area contributed by atoms with Gasteiger partial charge in [-0.1, -0.05) is 72.3 Å². The maximum absolute atomic E-state index is 2.43. The summed E-state index contributed by atoms with van der Waals surface area (Å²) in [6.07, 6.45) is 13.5. The molecule has 0 spiro atoms. The molecule has 2 aliphatic rings. The van der Waals surface area contributed by atoms with Gasteiger partial charge in [-0.15, -0.1) is 0 Å². The topological polar surface area (TPSA) is 4.44 Å². The second kappa shape index (κ2) is 8.71. The Balaban J connectivity index is 1.45. The third-order valence-corrected chi connectivity index (χ3v) is 6.41. The fraction of sp³-hybridized carbons (Fsp3) is 0.385. The smallest absolute Gasteiger partial charge is 0.0808 e. The second-order valence-electron chi connectivity index (χ2n) is 8.04. The average Bonchev–Trinajstić information content (AvgIpc) is 2.83. The van der Waals surface area contributed by atoms with Crippen molar-refractivity contribution in [1.29, 1.82) is 0 Å². The molecule has 4 rings (SSSR count). The third-order valence-electron chi connectivity index (χ3n) is 6.41. The molecule has 2 aromatic carbocycles. The molecule has 1 N–H and O–H groups in total. The lowest BCUT2D eigenvalue weighted by molar-refractivity contribution is -0.898. The van der Waals surface area contributed by atoms with Gasteiger partial charge in [0, 0.05) is 12.3 Å². The predicted molar refractivity (Wildman–Crippen MR) is 116 cm³/mol. The van der Waals surface area contributed by atoms with Crippen molar-refractivity contribution in [2.24, 2.45) is 0 Å².